The van der Waals surface area contributed by atoms with Gasteiger partial charge >= 0.3 is 0 Å². The lowest BCUT2D eigenvalue weighted by Crippen LogP contribution is -2.36. The predicted octanol–water partition coefficient (Wildman–Crippen LogP) is 0.680. The zero-order chi connectivity index (χ0) is 14.0. The molecule has 1 heterocycles. The molecule has 0 spiro atoms. The minimum Gasteiger partial charge on any atom is -0.305 e. The van der Waals surface area contributed by atoms with Gasteiger partial charge in [-0.2, -0.15) is 5.26 Å². The quantitative estimate of drug-likeness (QED) is 0.885. The number of nitrogens with one attached hydrogen (secondary N) is 1. The molecule has 1 atom stereocenters. The van der Waals surface area contributed by atoms with E-state index in [4.69, 9.17) is 5.26 Å². The summed E-state index contributed by atoms with van der Waals surface area (Å²) >= 11 is 0. The molecule has 0 radical (unpaired) electrons. The Morgan fingerprint density at radius 2 is 2.26 bits per heavy atom. The Bertz CT molecular complexity index is 624. The van der Waals surface area contributed by atoms with Crippen LogP contribution in [0.4, 0.5) is 4.39 Å². The van der Waals surface area contributed by atoms with Crippen LogP contribution in [0, 0.1) is 17.1 Å². The number of likely N-dealkylation sites (tertiary alicyclic amines) is 1. The smallest absolute Gasteiger partial charge is 0.240 e. The maximum atomic E-state index is 13.2. The van der Waals surface area contributed by atoms with E-state index in [2.05, 4.69) is 4.72 Å². The highest BCUT2D eigenvalue weighted by Crippen LogP contribution is 2.16. The topological polar surface area (TPSA) is 73.2 Å². The minimum absolute atomic E-state index is 0.0833. The molecule has 0 bridgehead atoms. The minimum atomic E-state index is -3.71. The highest BCUT2D eigenvalue weighted by molar-refractivity contribution is 7.89. The molecule has 102 valence electrons. The summed E-state index contributed by atoms with van der Waals surface area (Å²) < 4.78 is 40.0. The van der Waals surface area contributed by atoms with Crippen LogP contribution in [-0.4, -0.2) is 39.5 Å². The molecule has 7 heteroatoms. The van der Waals surface area contributed by atoms with Crippen LogP contribution in [0.1, 0.15) is 12.0 Å². The Labute approximate surface area is 111 Å². The van der Waals surface area contributed by atoms with Gasteiger partial charge in [-0.1, -0.05) is 0 Å². The third-order valence-electron chi connectivity index (χ3n) is 3.08. The monoisotopic (exact) mass is 283 g/mol. The van der Waals surface area contributed by atoms with Gasteiger partial charge in [-0.15, -0.1) is 0 Å². The number of nitriles is 1. The second kappa shape index (κ2) is 5.25. The Morgan fingerprint density at radius 1 is 1.53 bits per heavy atom. The Kier molecular flexibility index (Phi) is 3.85. The van der Waals surface area contributed by atoms with E-state index in [1.54, 1.807) is 6.07 Å². The van der Waals surface area contributed by atoms with Crippen molar-refractivity contribution >= 4 is 10.0 Å². The van der Waals surface area contributed by atoms with Gasteiger partial charge in [0.15, 0.2) is 0 Å². The van der Waals surface area contributed by atoms with Crippen LogP contribution in [0.2, 0.25) is 0 Å². The Morgan fingerprint density at radius 3 is 2.84 bits per heavy atom. The van der Waals surface area contributed by atoms with E-state index >= 15 is 0 Å². The molecule has 1 fully saturated rings. The summed E-state index contributed by atoms with van der Waals surface area (Å²) in [4.78, 5) is 1.94. The van der Waals surface area contributed by atoms with Gasteiger partial charge in [0.25, 0.3) is 0 Å². The van der Waals surface area contributed by atoms with E-state index in [-0.39, 0.29) is 16.5 Å². The zero-order valence-corrected chi connectivity index (χ0v) is 11.2. The van der Waals surface area contributed by atoms with Crippen LogP contribution in [-0.2, 0) is 10.0 Å². The molecular formula is C12H14FN3O2S. The van der Waals surface area contributed by atoms with E-state index in [1.165, 1.54) is 0 Å². The fourth-order valence-corrected chi connectivity index (χ4v) is 3.36. The van der Waals surface area contributed by atoms with Gasteiger partial charge in [0.2, 0.25) is 10.0 Å². The first kappa shape index (κ1) is 13.9. The maximum absolute atomic E-state index is 13.2. The third kappa shape index (κ3) is 3.10. The number of sulfonamides is 1. The lowest BCUT2D eigenvalue weighted by atomic mass is 10.2. The van der Waals surface area contributed by atoms with Crippen LogP contribution in [0.5, 0.6) is 0 Å². The predicted molar refractivity (Wildman–Crippen MR) is 67.3 cm³/mol. The number of halogens is 1. The summed E-state index contributed by atoms with van der Waals surface area (Å²) in [6.07, 6.45) is 0.738. The van der Waals surface area contributed by atoms with Crippen LogP contribution in [0.15, 0.2) is 23.1 Å². The molecule has 5 nitrogen and oxygen atoms in total. The molecule has 1 N–H and O–H groups in total. The number of nitrogens with zero attached hydrogens (tertiary/aromatic N) is 2. The van der Waals surface area contributed by atoms with Crippen molar-refractivity contribution in [1.82, 2.24) is 9.62 Å². The van der Waals surface area contributed by atoms with Crippen molar-refractivity contribution in [2.45, 2.75) is 17.4 Å². The van der Waals surface area contributed by atoms with Crippen LogP contribution in [0.25, 0.3) is 0 Å². The molecular weight excluding hydrogens is 269 g/mol. The summed E-state index contributed by atoms with van der Waals surface area (Å²) in [5, 5.41) is 8.72. The van der Waals surface area contributed by atoms with Gasteiger partial charge in [-0.3, -0.25) is 0 Å². The van der Waals surface area contributed by atoms with Crippen molar-refractivity contribution < 1.29 is 12.8 Å². The van der Waals surface area contributed by atoms with Crippen molar-refractivity contribution in [3.05, 3.63) is 29.6 Å². The molecule has 0 aliphatic carbocycles. The third-order valence-corrected chi connectivity index (χ3v) is 4.60. The first-order chi connectivity index (χ1) is 8.92. The second-order valence-electron chi connectivity index (χ2n) is 4.62. The summed E-state index contributed by atoms with van der Waals surface area (Å²) in [5.41, 5.74) is -0.272. The fourth-order valence-electron chi connectivity index (χ4n) is 2.08. The summed E-state index contributed by atoms with van der Waals surface area (Å²) in [7, 11) is -1.79. The fraction of sp³-hybridized carbons (Fsp3) is 0.417. The van der Waals surface area contributed by atoms with Crippen molar-refractivity contribution in [2.75, 3.05) is 20.1 Å². The number of hydrogen-bond donors (Lipinski definition) is 1. The van der Waals surface area contributed by atoms with Crippen molar-refractivity contribution in [1.29, 1.82) is 5.26 Å². The molecule has 19 heavy (non-hydrogen) atoms. The molecule has 0 amide bonds. The number of benzene rings is 1. The highest BCUT2D eigenvalue weighted by Gasteiger charge is 2.25. The molecule has 1 aromatic rings. The first-order valence-corrected chi connectivity index (χ1v) is 7.31. The average molecular weight is 283 g/mol. The van der Waals surface area contributed by atoms with Crippen molar-refractivity contribution in [3.8, 4) is 6.07 Å². The second-order valence-corrected chi connectivity index (χ2v) is 6.34. The van der Waals surface area contributed by atoms with Crippen LogP contribution in [0.3, 0.4) is 0 Å². The Balaban J connectivity index is 2.22. The van der Waals surface area contributed by atoms with Gasteiger partial charge in [0.05, 0.1) is 10.5 Å². The number of hydrogen-bond acceptors (Lipinski definition) is 4. The SMILES string of the molecule is CN1CCC(NS(=O)(=O)c2ccc(F)c(C#N)c2)C1. The largest absolute Gasteiger partial charge is 0.305 e. The average Bonchev–Trinajstić information content (AvgIpc) is 2.74. The molecule has 2 rings (SSSR count). The lowest BCUT2D eigenvalue weighted by Gasteiger charge is -2.13. The molecule has 1 aliphatic heterocycles. The maximum Gasteiger partial charge on any atom is 0.240 e. The van der Waals surface area contributed by atoms with E-state index < -0.39 is 15.8 Å². The van der Waals surface area contributed by atoms with Crippen LogP contribution >= 0.6 is 0 Å². The van der Waals surface area contributed by atoms with Gasteiger partial charge in [-0.25, -0.2) is 17.5 Å². The summed E-state index contributed by atoms with van der Waals surface area (Å²) in [6.45, 7) is 1.48. The van der Waals surface area contributed by atoms with Gasteiger partial charge in [0, 0.05) is 12.6 Å². The zero-order valence-electron chi connectivity index (χ0n) is 10.4. The molecule has 1 unspecified atom stereocenters. The molecule has 0 saturated carbocycles. The van der Waals surface area contributed by atoms with Crippen molar-refractivity contribution in [3.63, 3.8) is 0 Å². The van der Waals surface area contributed by atoms with Gasteiger partial charge in [0.1, 0.15) is 11.9 Å². The van der Waals surface area contributed by atoms with Gasteiger partial charge in [-0.05, 0) is 38.2 Å². The summed E-state index contributed by atoms with van der Waals surface area (Å²) in [6, 6.07) is 4.70. The molecule has 1 aromatic carbocycles. The molecule has 1 saturated heterocycles. The van der Waals surface area contributed by atoms with Crippen molar-refractivity contribution in [2.24, 2.45) is 0 Å². The van der Waals surface area contributed by atoms with E-state index in [0.717, 1.165) is 31.2 Å². The molecule has 0 aromatic heterocycles. The van der Waals surface area contributed by atoms with E-state index in [0.29, 0.717) is 6.54 Å². The standard InChI is InChI=1S/C12H14FN3O2S/c1-16-5-4-10(8-16)15-19(17,18)11-2-3-12(13)9(6-11)7-14/h2-3,6,10,15H,4-5,8H2,1H3. The number of rotatable bonds is 3. The highest BCUT2D eigenvalue weighted by atomic mass is 32.2. The normalized spacial score (nSPS) is 20.4. The van der Waals surface area contributed by atoms with E-state index in [9.17, 15) is 12.8 Å². The van der Waals surface area contributed by atoms with Crippen LogP contribution < -0.4 is 4.72 Å². The first-order valence-electron chi connectivity index (χ1n) is 5.83. The lowest BCUT2D eigenvalue weighted by molar-refractivity contribution is 0.407. The molecule has 1 aliphatic rings. The number of likely N-dealkylation sites (N-methyl/N-ethyl adjacent to an activating group) is 1. The summed E-state index contributed by atoms with van der Waals surface area (Å²) in [5.74, 6) is -0.720. The van der Waals surface area contributed by atoms with E-state index in [1.807, 2.05) is 11.9 Å². The van der Waals surface area contributed by atoms with Gasteiger partial charge < -0.3 is 4.90 Å². The Hall–Kier alpha value is -1.49.